The number of hydrogen-bond donors (Lipinski definition) is 4. The van der Waals surface area contributed by atoms with Gasteiger partial charge in [0.25, 0.3) is 0 Å². The Morgan fingerprint density at radius 3 is 2.27 bits per heavy atom. The first-order chi connectivity index (χ1) is 21.6. The van der Waals surface area contributed by atoms with Crippen molar-refractivity contribution in [2.45, 2.75) is 75.6 Å². The van der Waals surface area contributed by atoms with Crippen LogP contribution in [-0.2, 0) is 19.4 Å². The van der Waals surface area contributed by atoms with Crippen molar-refractivity contribution < 1.29 is 32.3 Å². The molecule has 4 amide bonds. The van der Waals surface area contributed by atoms with E-state index in [0.29, 0.717) is 66.4 Å². The number of unbranched alkanes of at least 4 members (excludes halogenated alkanes) is 4. The van der Waals surface area contributed by atoms with Crippen LogP contribution in [-0.4, -0.2) is 76.7 Å². The van der Waals surface area contributed by atoms with Crippen molar-refractivity contribution >= 4 is 56.1 Å². The molecule has 2 aromatic carbocycles. The second-order valence-electron chi connectivity index (χ2n) is 11.6. The lowest BCUT2D eigenvalue weighted by molar-refractivity contribution is -0.121. The van der Waals surface area contributed by atoms with Crippen LogP contribution in [0.3, 0.4) is 0 Å². The zero-order valence-corrected chi connectivity index (χ0v) is 27.6. The summed E-state index contributed by atoms with van der Waals surface area (Å²) in [5.41, 5.74) is 1.08. The van der Waals surface area contributed by atoms with E-state index in [1.54, 1.807) is 27.2 Å². The molecule has 0 radical (unpaired) electrons. The van der Waals surface area contributed by atoms with Gasteiger partial charge in [0.2, 0.25) is 11.8 Å². The fraction of sp³-hybridized carbons (Fsp3) is 0.531. The van der Waals surface area contributed by atoms with Gasteiger partial charge in [-0.2, -0.15) is 0 Å². The molecule has 0 aliphatic carbocycles. The first kappa shape index (κ1) is 34.4. The number of urea groups is 1. The van der Waals surface area contributed by atoms with Crippen LogP contribution in [0.1, 0.15) is 63.9 Å². The molecule has 11 nitrogen and oxygen atoms in total. The van der Waals surface area contributed by atoms with E-state index in [0.717, 1.165) is 36.5 Å². The highest BCUT2D eigenvalue weighted by Crippen LogP contribution is 2.44. The van der Waals surface area contributed by atoms with E-state index in [1.807, 2.05) is 24.3 Å². The third-order valence-corrected chi connectivity index (χ3v) is 11.0. The number of sulfone groups is 1. The molecule has 2 aliphatic heterocycles. The second kappa shape index (κ2) is 15.7. The molecule has 2 aliphatic rings. The van der Waals surface area contributed by atoms with E-state index in [1.165, 1.54) is 0 Å². The Hall–Kier alpha value is -3.51. The van der Waals surface area contributed by atoms with Gasteiger partial charge in [0.1, 0.15) is 11.5 Å². The van der Waals surface area contributed by atoms with Gasteiger partial charge in [-0.1, -0.05) is 55.1 Å². The van der Waals surface area contributed by atoms with Gasteiger partial charge in [0.05, 0.1) is 42.3 Å². The molecule has 0 unspecified atom stereocenters. The maximum absolute atomic E-state index is 12.8. The van der Waals surface area contributed by atoms with Gasteiger partial charge in [0, 0.05) is 41.4 Å². The summed E-state index contributed by atoms with van der Waals surface area (Å²) in [7, 11) is -0.120. The summed E-state index contributed by atoms with van der Waals surface area (Å²) in [6.45, 7) is 2.83. The Kier molecular flexibility index (Phi) is 12.0. The predicted molar refractivity (Wildman–Crippen MR) is 175 cm³/mol. The number of hydrogen-bond acceptors (Lipinski definition) is 7. The molecule has 4 N–H and O–H groups in total. The maximum Gasteiger partial charge on any atom is 0.315 e. The average Bonchev–Trinajstić information content (AvgIpc) is 3.47. The van der Waals surface area contributed by atoms with Crippen LogP contribution < -0.4 is 30.7 Å². The van der Waals surface area contributed by atoms with Crippen LogP contribution in [0.2, 0.25) is 5.02 Å². The zero-order chi connectivity index (χ0) is 32.6. The summed E-state index contributed by atoms with van der Waals surface area (Å²) in [5.74, 6) is 0.831. The third kappa shape index (κ3) is 8.40. The molecule has 2 saturated heterocycles. The molecule has 2 heterocycles. The maximum atomic E-state index is 12.8. The molecular weight excluding hydrogens is 620 g/mol. The minimum Gasteiger partial charge on any atom is -0.495 e. The molecule has 0 bridgehead atoms. The molecule has 0 aromatic heterocycles. The number of rotatable bonds is 16. The van der Waals surface area contributed by atoms with Gasteiger partial charge >= 0.3 is 6.03 Å². The molecule has 45 heavy (non-hydrogen) atoms. The summed E-state index contributed by atoms with van der Waals surface area (Å²) in [6.07, 6.45) is 7.15. The van der Waals surface area contributed by atoms with Crippen molar-refractivity contribution in [3.63, 3.8) is 0 Å². The Balaban J connectivity index is 1.10. The number of benzene rings is 2. The van der Waals surface area contributed by atoms with Crippen molar-refractivity contribution in [2.24, 2.45) is 0 Å². The van der Waals surface area contributed by atoms with Crippen LogP contribution in [0.15, 0.2) is 29.8 Å². The number of amides is 4. The molecule has 2 aromatic rings. The van der Waals surface area contributed by atoms with Gasteiger partial charge < -0.3 is 30.7 Å². The third-order valence-electron chi connectivity index (χ3n) is 8.40. The number of fused-ring (bicyclic) bond motifs is 2. The van der Waals surface area contributed by atoms with Gasteiger partial charge in [-0.3, -0.25) is 9.59 Å². The quantitative estimate of drug-likeness (QED) is 0.120. The van der Waals surface area contributed by atoms with E-state index >= 15 is 0 Å². The van der Waals surface area contributed by atoms with Crippen LogP contribution in [0, 0.1) is 0 Å². The first-order valence-corrected chi connectivity index (χ1v) is 17.5. The molecule has 4 rings (SSSR count). The Morgan fingerprint density at radius 1 is 0.956 bits per heavy atom. The number of carbonyl (C=O) groups is 3. The van der Waals surface area contributed by atoms with Gasteiger partial charge in [0.15, 0.2) is 9.84 Å². The predicted octanol–water partition coefficient (Wildman–Crippen LogP) is 4.11. The van der Waals surface area contributed by atoms with Gasteiger partial charge in [-0.15, -0.1) is 0 Å². The second-order valence-corrected chi connectivity index (χ2v) is 14.2. The van der Waals surface area contributed by atoms with Crippen LogP contribution in [0.4, 0.5) is 4.79 Å². The first-order valence-electron chi connectivity index (χ1n) is 15.4. The fourth-order valence-corrected chi connectivity index (χ4v) is 8.68. The summed E-state index contributed by atoms with van der Waals surface area (Å²) in [4.78, 5) is 36.5. The van der Waals surface area contributed by atoms with E-state index in [4.69, 9.17) is 21.1 Å². The van der Waals surface area contributed by atoms with Crippen LogP contribution >= 0.6 is 11.6 Å². The highest BCUT2D eigenvalue weighted by molar-refractivity contribution is 7.92. The minimum absolute atomic E-state index is 0.0301. The minimum atomic E-state index is -3.25. The molecule has 0 saturated carbocycles. The lowest BCUT2D eigenvalue weighted by Gasteiger charge is -2.16. The molecule has 246 valence electrons. The Morgan fingerprint density at radius 2 is 1.60 bits per heavy atom. The molecule has 2 fully saturated rings. The number of ether oxygens (including phenoxy) is 2. The molecular formula is C32H43ClN4O7S. The van der Waals surface area contributed by atoms with Crippen molar-refractivity contribution in [2.75, 3.05) is 33.1 Å². The molecule has 0 spiro atoms. The van der Waals surface area contributed by atoms with E-state index in [9.17, 15) is 22.8 Å². The fourth-order valence-electron chi connectivity index (χ4n) is 6.09. The van der Waals surface area contributed by atoms with Gasteiger partial charge in [-0.05, 0) is 38.7 Å². The highest BCUT2D eigenvalue weighted by atomic mass is 35.5. The van der Waals surface area contributed by atoms with Crippen LogP contribution in [0.25, 0.3) is 16.8 Å². The standard InChI is InChI=1S/C32H43ClN4O7S/c1-20(18-23-27(33)30(44-3)22-13-7-6-12-21(22)29(23)43-2)31(39)35-17-11-5-4-10-16-34-26(38)15-9-8-14-25-28-24(19-45(25,41)42)36-32(40)37-28/h6-7,12-13,18,24-25,28H,4-5,8-11,14-17,19H2,1-3H3,(H,34,38)(H,35,39)(H2,36,37,40)/b20-18+/t24-,25-,28-/m0/s1. The van der Waals surface area contributed by atoms with Crippen molar-refractivity contribution in [3.05, 3.63) is 40.4 Å². The van der Waals surface area contributed by atoms with Crippen LogP contribution in [0.5, 0.6) is 11.5 Å². The van der Waals surface area contributed by atoms with E-state index in [2.05, 4.69) is 21.3 Å². The zero-order valence-electron chi connectivity index (χ0n) is 26.0. The van der Waals surface area contributed by atoms with Crippen molar-refractivity contribution in [1.82, 2.24) is 21.3 Å². The summed E-state index contributed by atoms with van der Waals surface area (Å²) in [5, 5.41) is 12.7. The highest BCUT2D eigenvalue weighted by Gasteiger charge is 2.51. The summed E-state index contributed by atoms with van der Waals surface area (Å²) >= 11 is 6.67. The number of nitrogens with one attached hydrogen (secondary N) is 4. The topological polar surface area (TPSA) is 152 Å². The van der Waals surface area contributed by atoms with E-state index < -0.39 is 15.1 Å². The van der Waals surface area contributed by atoms with Crippen molar-refractivity contribution in [1.29, 1.82) is 0 Å². The average molecular weight is 663 g/mol. The Bertz CT molecular complexity index is 1550. The monoisotopic (exact) mass is 662 g/mol. The Labute approximate surface area is 269 Å². The van der Waals surface area contributed by atoms with Crippen molar-refractivity contribution in [3.8, 4) is 11.5 Å². The number of methoxy groups -OCH3 is 2. The lowest BCUT2D eigenvalue weighted by Crippen LogP contribution is -2.39. The molecule has 13 heteroatoms. The normalized spacial score (nSPS) is 20.3. The summed E-state index contributed by atoms with van der Waals surface area (Å²) < 4.78 is 36.0. The molecule has 3 atom stereocenters. The number of halogens is 1. The smallest absolute Gasteiger partial charge is 0.315 e. The largest absolute Gasteiger partial charge is 0.495 e. The lowest BCUT2D eigenvalue weighted by atomic mass is 10.0. The SMILES string of the molecule is COc1c(Cl)c(/C=C(\C)C(=O)NCCCCCCNC(=O)CCCC[C@H]2[C@H]3NC(=O)N[C@H]3CS2(=O)=O)c(OC)c2ccccc12. The van der Waals surface area contributed by atoms with E-state index in [-0.39, 0.29) is 35.7 Å². The summed E-state index contributed by atoms with van der Waals surface area (Å²) in [6, 6.07) is 6.58. The number of carbonyl (C=O) groups excluding carboxylic acids is 3. The van der Waals surface area contributed by atoms with Gasteiger partial charge in [-0.25, -0.2) is 13.2 Å².